The van der Waals surface area contributed by atoms with Gasteiger partial charge in [-0.15, -0.1) is 0 Å². The number of benzene rings is 2. The second-order valence-electron chi connectivity index (χ2n) is 8.65. The van der Waals surface area contributed by atoms with Crippen molar-refractivity contribution < 1.29 is 9.53 Å². The van der Waals surface area contributed by atoms with Crippen molar-refractivity contribution in [2.75, 3.05) is 0 Å². The Morgan fingerprint density at radius 1 is 1.26 bits per heavy atom. The number of nitrogens with one attached hydrogen (secondary N) is 1. The Morgan fingerprint density at radius 2 is 2.07 bits per heavy atom. The van der Waals surface area contributed by atoms with E-state index in [1.165, 1.54) is 0 Å². The van der Waals surface area contributed by atoms with Crippen LogP contribution in [0.1, 0.15) is 45.5 Å². The summed E-state index contributed by atoms with van der Waals surface area (Å²) in [7, 11) is 0. The molecular weight excluding hydrogens is 406 g/mol. The van der Waals surface area contributed by atoms with Gasteiger partial charge in [0, 0.05) is 15.9 Å². The van der Waals surface area contributed by atoms with E-state index in [0.717, 1.165) is 44.9 Å². The van der Waals surface area contributed by atoms with Crippen LogP contribution in [0.25, 0.3) is 21.8 Å². The molecule has 1 N–H and O–H groups in total. The molecule has 0 bridgehead atoms. The fourth-order valence-electron chi connectivity index (χ4n) is 4.23. The van der Waals surface area contributed by atoms with Gasteiger partial charge in [-0.1, -0.05) is 28.1 Å². The summed E-state index contributed by atoms with van der Waals surface area (Å²) in [5.41, 5.74) is 1.47. The van der Waals surface area contributed by atoms with Crippen molar-refractivity contribution in [3.05, 3.63) is 40.6 Å². The fourth-order valence-corrected chi connectivity index (χ4v) is 4.61. The van der Waals surface area contributed by atoms with E-state index in [1.807, 2.05) is 31.7 Å². The average Bonchev–Trinajstić information content (AvgIpc) is 3.03. The van der Waals surface area contributed by atoms with E-state index in [1.54, 1.807) is 0 Å². The van der Waals surface area contributed by atoms with Crippen molar-refractivity contribution in [1.29, 1.82) is 0 Å². The Morgan fingerprint density at radius 3 is 2.85 bits per heavy atom. The summed E-state index contributed by atoms with van der Waals surface area (Å²) in [6, 6.07) is 10.6. The minimum absolute atomic E-state index is 0.0403. The average molecular weight is 428 g/mol. The van der Waals surface area contributed by atoms with Gasteiger partial charge in [-0.05, 0) is 63.1 Å². The number of rotatable bonds is 1. The summed E-state index contributed by atoms with van der Waals surface area (Å²) >= 11 is 3.53. The number of aromatic amines is 1. The van der Waals surface area contributed by atoms with Gasteiger partial charge in [0.25, 0.3) is 0 Å². The third kappa shape index (κ3) is 2.90. The van der Waals surface area contributed by atoms with Crippen LogP contribution in [0.4, 0.5) is 4.79 Å². The number of hydrogen-bond donors (Lipinski definition) is 1. The van der Waals surface area contributed by atoms with Crippen LogP contribution in [0.3, 0.4) is 0 Å². The van der Waals surface area contributed by atoms with Gasteiger partial charge in [0.1, 0.15) is 11.4 Å². The molecule has 1 aromatic heterocycles. The van der Waals surface area contributed by atoms with Gasteiger partial charge >= 0.3 is 6.09 Å². The fraction of sp³-hybridized carbons (Fsp3) is 0.429. The lowest BCUT2D eigenvalue weighted by Crippen LogP contribution is -2.38. The first kappa shape index (κ1) is 17.0. The number of nitrogens with zero attached hydrogens (tertiary/aromatic N) is 2. The summed E-state index contributed by atoms with van der Waals surface area (Å²) in [5, 5.41) is 2.26. The highest BCUT2D eigenvalue weighted by molar-refractivity contribution is 9.10. The van der Waals surface area contributed by atoms with E-state index in [0.29, 0.717) is 12.0 Å². The SMILES string of the molecule is CC(C)(C)OC(=O)N1C(c2nc3c(ccc4cc(Br)ccc43)[nH]2)CC2CC21. The van der Waals surface area contributed by atoms with Crippen molar-refractivity contribution in [2.45, 2.75) is 51.3 Å². The first-order chi connectivity index (χ1) is 12.8. The molecule has 5 nitrogen and oxygen atoms in total. The minimum Gasteiger partial charge on any atom is -0.444 e. The molecule has 1 amide bonds. The predicted molar refractivity (Wildman–Crippen MR) is 109 cm³/mol. The number of fused-ring (bicyclic) bond motifs is 4. The summed E-state index contributed by atoms with van der Waals surface area (Å²) in [6.07, 6.45) is 1.80. The monoisotopic (exact) mass is 427 g/mol. The second kappa shape index (κ2) is 5.71. The molecule has 3 unspecified atom stereocenters. The number of hydrogen-bond acceptors (Lipinski definition) is 3. The van der Waals surface area contributed by atoms with Crippen molar-refractivity contribution in [3.8, 4) is 0 Å². The van der Waals surface area contributed by atoms with Crippen molar-refractivity contribution >= 4 is 43.8 Å². The Labute approximate surface area is 166 Å². The lowest BCUT2D eigenvalue weighted by molar-refractivity contribution is 0.0175. The number of halogens is 1. The van der Waals surface area contributed by atoms with Crippen molar-refractivity contribution in [2.24, 2.45) is 5.92 Å². The maximum atomic E-state index is 12.8. The third-order valence-corrected chi connectivity index (χ3v) is 5.97. The number of aromatic nitrogens is 2. The van der Waals surface area contributed by atoms with Gasteiger partial charge in [0.05, 0.1) is 17.1 Å². The van der Waals surface area contributed by atoms with Crippen LogP contribution in [0, 0.1) is 5.92 Å². The lowest BCUT2D eigenvalue weighted by Gasteiger charge is -2.29. The van der Waals surface area contributed by atoms with Gasteiger partial charge in [0.2, 0.25) is 0 Å². The van der Waals surface area contributed by atoms with E-state index in [-0.39, 0.29) is 12.1 Å². The van der Waals surface area contributed by atoms with Gasteiger partial charge in [-0.3, -0.25) is 4.90 Å². The summed E-state index contributed by atoms with van der Waals surface area (Å²) in [5.74, 6) is 1.43. The first-order valence-electron chi connectivity index (χ1n) is 9.39. The predicted octanol–water partition coefficient (Wildman–Crippen LogP) is 5.55. The number of carbonyl (C=O) groups excluding carboxylic acids is 1. The number of H-pyrrole nitrogens is 1. The molecule has 5 rings (SSSR count). The Hall–Kier alpha value is -2.08. The summed E-state index contributed by atoms with van der Waals surface area (Å²) < 4.78 is 6.72. The molecule has 2 heterocycles. The molecule has 3 aromatic rings. The summed E-state index contributed by atoms with van der Waals surface area (Å²) in [4.78, 5) is 23.1. The molecule has 2 aliphatic rings. The zero-order valence-electron chi connectivity index (χ0n) is 15.6. The van der Waals surface area contributed by atoms with Crippen LogP contribution in [0.5, 0.6) is 0 Å². The molecule has 2 fully saturated rings. The van der Waals surface area contributed by atoms with Crippen LogP contribution in [-0.2, 0) is 4.74 Å². The molecule has 2 aromatic carbocycles. The molecule has 140 valence electrons. The maximum Gasteiger partial charge on any atom is 0.411 e. The van der Waals surface area contributed by atoms with Crippen molar-refractivity contribution in [1.82, 2.24) is 14.9 Å². The molecule has 1 aliphatic heterocycles. The van der Waals surface area contributed by atoms with Gasteiger partial charge in [0.15, 0.2) is 0 Å². The number of piperidine rings is 1. The number of amides is 1. The number of ether oxygens (including phenoxy) is 1. The molecule has 1 saturated heterocycles. The first-order valence-corrected chi connectivity index (χ1v) is 10.2. The van der Waals surface area contributed by atoms with Gasteiger partial charge in [-0.25, -0.2) is 9.78 Å². The van der Waals surface area contributed by atoms with Crippen LogP contribution < -0.4 is 0 Å². The standard InChI is InChI=1S/C21H22BrN3O2/c1-21(2,3)27-20(26)25-16-9-12(16)10-17(25)19-23-15-7-4-11-8-13(22)5-6-14(11)18(15)24-19/h4-8,12,16-17H,9-10H2,1-3H3,(H,23,24). The zero-order chi connectivity index (χ0) is 18.9. The van der Waals surface area contributed by atoms with Crippen LogP contribution in [-0.4, -0.2) is 32.6 Å². The lowest BCUT2D eigenvalue weighted by atomic mass is 10.1. The largest absolute Gasteiger partial charge is 0.444 e. The van der Waals surface area contributed by atoms with E-state index >= 15 is 0 Å². The normalized spacial score (nSPS) is 24.4. The number of likely N-dealkylation sites (tertiary alicyclic amines) is 1. The Balaban J connectivity index is 1.54. The Bertz CT molecular complexity index is 1070. The molecule has 1 saturated carbocycles. The van der Waals surface area contributed by atoms with E-state index in [4.69, 9.17) is 9.72 Å². The highest BCUT2D eigenvalue weighted by Gasteiger charge is 2.56. The van der Waals surface area contributed by atoms with Gasteiger partial charge < -0.3 is 9.72 Å². The minimum atomic E-state index is -0.494. The highest BCUT2D eigenvalue weighted by Crippen LogP contribution is 2.53. The quantitative estimate of drug-likeness (QED) is 0.553. The molecule has 3 atom stereocenters. The third-order valence-electron chi connectivity index (χ3n) is 5.47. The highest BCUT2D eigenvalue weighted by atomic mass is 79.9. The molecule has 1 aliphatic carbocycles. The van der Waals surface area contributed by atoms with Crippen molar-refractivity contribution in [3.63, 3.8) is 0 Å². The van der Waals surface area contributed by atoms with E-state index in [2.05, 4.69) is 45.2 Å². The maximum absolute atomic E-state index is 12.8. The van der Waals surface area contributed by atoms with Gasteiger partial charge in [-0.2, -0.15) is 0 Å². The van der Waals surface area contributed by atoms with Crippen LogP contribution in [0.2, 0.25) is 0 Å². The topological polar surface area (TPSA) is 58.2 Å². The second-order valence-corrected chi connectivity index (χ2v) is 9.57. The number of carbonyl (C=O) groups is 1. The zero-order valence-corrected chi connectivity index (χ0v) is 17.2. The molecular formula is C21H22BrN3O2. The molecule has 27 heavy (non-hydrogen) atoms. The molecule has 0 radical (unpaired) electrons. The number of imidazole rings is 1. The van der Waals surface area contributed by atoms with E-state index in [9.17, 15) is 4.79 Å². The molecule has 0 spiro atoms. The van der Waals surface area contributed by atoms with E-state index < -0.39 is 5.60 Å². The van der Waals surface area contributed by atoms with Crippen LogP contribution >= 0.6 is 15.9 Å². The smallest absolute Gasteiger partial charge is 0.411 e. The van der Waals surface area contributed by atoms with Crippen LogP contribution in [0.15, 0.2) is 34.8 Å². The summed E-state index contributed by atoms with van der Waals surface area (Å²) in [6.45, 7) is 5.73. The Kier molecular flexibility index (Phi) is 3.60. The molecule has 6 heteroatoms.